The number of hydrogen-bond donors (Lipinski definition) is 2. The second-order valence-corrected chi connectivity index (χ2v) is 6.99. The van der Waals surface area contributed by atoms with Crippen LogP contribution in [0.2, 0.25) is 0 Å². The molecule has 2 N–H and O–H groups in total. The van der Waals surface area contributed by atoms with Crippen LogP contribution in [0.1, 0.15) is 23.3 Å². The first kappa shape index (κ1) is 20.3. The van der Waals surface area contributed by atoms with Crippen LogP contribution in [0.25, 0.3) is 11.3 Å². The van der Waals surface area contributed by atoms with Crippen LogP contribution >= 0.6 is 0 Å². The number of carbonyl (C=O) groups excluding carboxylic acids is 3. The Labute approximate surface area is 177 Å². The second-order valence-electron chi connectivity index (χ2n) is 6.99. The first-order valence-electron chi connectivity index (χ1n) is 9.71. The number of amides is 3. The number of carbonyl (C=O) groups is 3. The quantitative estimate of drug-likeness (QED) is 0.636. The summed E-state index contributed by atoms with van der Waals surface area (Å²) in [4.78, 5) is 37.5. The summed E-state index contributed by atoms with van der Waals surface area (Å²) in [5, 5.41) is 8.67. The molecule has 31 heavy (non-hydrogen) atoms. The van der Waals surface area contributed by atoms with E-state index in [0.29, 0.717) is 25.1 Å². The molecule has 0 radical (unpaired) electrons. The molecule has 1 aromatic heterocycles. The zero-order chi connectivity index (χ0) is 21.8. The van der Waals surface area contributed by atoms with Crippen LogP contribution in [0.15, 0.2) is 59.1 Å². The number of nitrogens with zero attached hydrogens (tertiary/aromatic N) is 2. The molecular weight excluding hydrogens is 403 g/mol. The lowest BCUT2D eigenvalue weighted by Gasteiger charge is -2.17. The van der Waals surface area contributed by atoms with Crippen LogP contribution in [0.4, 0.5) is 15.8 Å². The fourth-order valence-corrected chi connectivity index (χ4v) is 3.28. The molecule has 1 fully saturated rings. The van der Waals surface area contributed by atoms with Gasteiger partial charge in [-0.05, 0) is 24.6 Å². The number of aromatic nitrogens is 1. The van der Waals surface area contributed by atoms with Gasteiger partial charge in [0.15, 0.2) is 11.5 Å². The average Bonchev–Trinajstić information content (AvgIpc) is 3.42. The van der Waals surface area contributed by atoms with Crippen molar-refractivity contribution in [2.45, 2.75) is 12.8 Å². The highest BCUT2D eigenvalue weighted by atomic mass is 19.1. The molecule has 0 unspecified atom stereocenters. The minimum absolute atomic E-state index is 0.0392. The van der Waals surface area contributed by atoms with Crippen molar-refractivity contribution in [1.29, 1.82) is 0 Å². The van der Waals surface area contributed by atoms with E-state index >= 15 is 0 Å². The third-order valence-corrected chi connectivity index (χ3v) is 4.81. The van der Waals surface area contributed by atoms with Crippen LogP contribution in [-0.4, -0.2) is 36.0 Å². The van der Waals surface area contributed by atoms with Crippen LogP contribution in [0, 0.1) is 5.82 Å². The van der Waals surface area contributed by atoms with E-state index in [1.165, 1.54) is 23.1 Å². The third-order valence-electron chi connectivity index (χ3n) is 4.81. The predicted molar refractivity (Wildman–Crippen MR) is 111 cm³/mol. The van der Waals surface area contributed by atoms with Crippen molar-refractivity contribution in [3.8, 4) is 11.3 Å². The number of benzene rings is 2. The standard InChI is InChI=1S/C22H19FN4O4/c23-16-11-15(8-9-18(16)27-10-4-7-21(27)29)25-20(28)13-24-22(30)17-12-19(31-26-17)14-5-2-1-3-6-14/h1-3,5-6,8-9,11-12H,4,7,10,13H2,(H,24,30)(H,25,28). The Hall–Kier alpha value is -4.01. The minimum Gasteiger partial charge on any atom is -0.355 e. The van der Waals surface area contributed by atoms with E-state index in [9.17, 15) is 18.8 Å². The summed E-state index contributed by atoms with van der Waals surface area (Å²) in [5.74, 6) is -1.41. The van der Waals surface area contributed by atoms with E-state index in [4.69, 9.17) is 4.52 Å². The maximum Gasteiger partial charge on any atom is 0.273 e. The lowest BCUT2D eigenvalue weighted by atomic mass is 10.1. The van der Waals surface area contributed by atoms with Gasteiger partial charge in [-0.15, -0.1) is 0 Å². The summed E-state index contributed by atoms with van der Waals surface area (Å²) in [5.41, 5.74) is 1.22. The Bertz CT molecular complexity index is 1130. The van der Waals surface area contributed by atoms with Gasteiger partial charge >= 0.3 is 0 Å². The largest absolute Gasteiger partial charge is 0.355 e. The lowest BCUT2D eigenvalue weighted by molar-refractivity contribution is -0.117. The van der Waals surface area contributed by atoms with Gasteiger partial charge in [0.2, 0.25) is 11.8 Å². The maximum atomic E-state index is 14.4. The van der Waals surface area contributed by atoms with Crippen LogP contribution < -0.4 is 15.5 Å². The van der Waals surface area contributed by atoms with Gasteiger partial charge in [0.25, 0.3) is 5.91 Å². The zero-order valence-corrected chi connectivity index (χ0v) is 16.4. The van der Waals surface area contributed by atoms with Gasteiger partial charge in [0, 0.05) is 30.3 Å². The Balaban J connectivity index is 1.32. The third kappa shape index (κ3) is 4.61. The van der Waals surface area contributed by atoms with Crippen LogP contribution in [0.5, 0.6) is 0 Å². The fourth-order valence-electron chi connectivity index (χ4n) is 3.28. The summed E-state index contributed by atoms with van der Waals surface area (Å²) in [6.07, 6.45) is 1.09. The summed E-state index contributed by atoms with van der Waals surface area (Å²) in [6, 6.07) is 14.7. The lowest BCUT2D eigenvalue weighted by Crippen LogP contribution is -2.33. The van der Waals surface area contributed by atoms with Crippen molar-refractivity contribution in [3.05, 3.63) is 66.1 Å². The molecule has 0 aliphatic carbocycles. The molecule has 0 spiro atoms. The fraction of sp³-hybridized carbons (Fsp3) is 0.182. The summed E-state index contributed by atoms with van der Waals surface area (Å²) >= 11 is 0. The van der Waals surface area contributed by atoms with E-state index in [2.05, 4.69) is 15.8 Å². The molecule has 2 heterocycles. The number of anilines is 2. The van der Waals surface area contributed by atoms with Crippen molar-refractivity contribution in [2.75, 3.05) is 23.3 Å². The highest BCUT2D eigenvalue weighted by molar-refractivity contribution is 5.99. The van der Waals surface area contributed by atoms with E-state index in [1.54, 1.807) is 0 Å². The molecule has 0 bridgehead atoms. The molecule has 0 atom stereocenters. The van der Waals surface area contributed by atoms with Crippen molar-refractivity contribution < 1.29 is 23.3 Å². The SMILES string of the molecule is O=C(CNC(=O)c1cc(-c2ccccc2)on1)Nc1ccc(N2CCCC2=O)c(F)c1. The molecule has 3 amide bonds. The van der Waals surface area contributed by atoms with Crippen LogP contribution in [-0.2, 0) is 9.59 Å². The van der Waals surface area contributed by atoms with Crippen molar-refractivity contribution in [3.63, 3.8) is 0 Å². The summed E-state index contributed by atoms with van der Waals surface area (Å²) in [6.45, 7) is 0.141. The van der Waals surface area contributed by atoms with Gasteiger partial charge in [-0.1, -0.05) is 35.5 Å². The number of halogens is 1. The summed E-state index contributed by atoms with van der Waals surface area (Å²) < 4.78 is 19.5. The first-order chi connectivity index (χ1) is 15.0. The van der Waals surface area contributed by atoms with Gasteiger partial charge in [-0.25, -0.2) is 4.39 Å². The molecule has 158 valence electrons. The maximum absolute atomic E-state index is 14.4. The van der Waals surface area contributed by atoms with E-state index in [1.807, 2.05) is 30.3 Å². The number of nitrogens with one attached hydrogen (secondary N) is 2. The molecule has 2 aromatic carbocycles. The molecule has 8 nitrogen and oxygen atoms in total. The molecular formula is C22H19FN4O4. The van der Waals surface area contributed by atoms with Crippen molar-refractivity contribution in [1.82, 2.24) is 10.5 Å². The Kier molecular flexibility index (Phi) is 5.74. The predicted octanol–water partition coefficient (Wildman–Crippen LogP) is 2.98. The number of hydrogen-bond acceptors (Lipinski definition) is 5. The van der Waals surface area contributed by atoms with Gasteiger partial charge in [-0.2, -0.15) is 0 Å². The molecule has 1 saturated heterocycles. The highest BCUT2D eigenvalue weighted by Crippen LogP contribution is 2.26. The molecule has 3 aromatic rings. The van der Waals surface area contributed by atoms with Gasteiger partial charge < -0.3 is 20.1 Å². The van der Waals surface area contributed by atoms with E-state index in [-0.39, 0.29) is 29.5 Å². The molecule has 1 aliphatic rings. The Morgan fingerprint density at radius 1 is 1.13 bits per heavy atom. The van der Waals surface area contributed by atoms with Gasteiger partial charge in [0.05, 0.1) is 12.2 Å². The van der Waals surface area contributed by atoms with Gasteiger partial charge in [-0.3, -0.25) is 14.4 Å². The molecule has 1 aliphatic heterocycles. The Morgan fingerprint density at radius 3 is 2.65 bits per heavy atom. The Morgan fingerprint density at radius 2 is 1.94 bits per heavy atom. The van der Waals surface area contributed by atoms with Crippen molar-refractivity contribution in [2.24, 2.45) is 0 Å². The van der Waals surface area contributed by atoms with E-state index in [0.717, 1.165) is 11.6 Å². The molecule has 0 saturated carbocycles. The highest BCUT2D eigenvalue weighted by Gasteiger charge is 2.24. The number of rotatable bonds is 6. The van der Waals surface area contributed by atoms with Crippen molar-refractivity contribution >= 4 is 29.1 Å². The summed E-state index contributed by atoms with van der Waals surface area (Å²) in [7, 11) is 0. The molecule has 9 heteroatoms. The second kappa shape index (κ2) is 8.78. The zero-order valence-electron chi connectivity index (χ0n) is 16.4. The van der Waals surface area contributed by atoms with Gasteiger partial charge in [0.1, 0.15) is 5.82 Å². The monoisotopic (exact) mass is 422 g/mol. The smallest absolute Gasteiger partial charge is 0.273 e. The van der Waals surface area contributed by atoms with E-state index < -0.39 is 17.6 Å². The average molecular weight is 422 g/mol. The van der Waals surface area contributed by atoms with Crippen LogP contribution in [0.3, 0.4) is 0 Å². The first-order valence-corrected chi connectivity index (χ1v) is 9.71. The minimum atomic E-state index is -0.604. The normalized spacial score (nSPS) is 13.3. The molecule has 4 rings (SSSR count). The topological polar surface area (TPSA) is 105 Å².